The number of hydrogen-bond donors (Lipinski definition) is 4. The van der Waals surface area contributed by atoms with E-state index in [9.17, 15) is 21.2 Å². The van der Waals surface area contributed by atoms with Gasteiger partial charge in [0.15, 0.2) is 11.3 Å². The molecule has 8 aromatic rings. The molecule has 4 aromatic heterocycles. The van der Waals surface area contributed by atoms with Crippen LogP contribution in [0.1, 0.15) is 63.5 Å². The Labute approximate surface area is 482 Å². The summed E-state index contributed by atoms with van der Waals surface area (Å²) < 4.78 is 105. The number of rotatable bonds is 12. The van der Waals surface area contributed by atoms with Crippen LogP contribution in [0.25, 0.3) is 44.6 Å². The maximum atomic E-state index is 15.3. The van der Waals surface area contributed by atoms with Crippen LogP contribution in [-0.4, -0.2) is 154 Å². The number of nitrogens with two attached hydrogens (primary N) is 2. The highest BCUT2D eigenvalue weighted by Crippen LogP contribution is 2.40. The number of anilines is 4. The van der Waals surface area contributed by atoms with Crippen molar-refractivity contribution in [1.82, 2.24) is 59.1 Å². The molecule has 0 bridgehead atoms. The second kappa shape index (κ2) is 23.8. The molecule has 0 spiro atoms. The average molecular weight is 1230 g/mol. The van der Waals surface area contributed by atoms with Crippen LogP contribution in [0, 0.1) is 17.5 Å². The van der Waals surface area contributed by atoms with Gasteiger partial charge in [0, 0.05) is 80.0 Å². The Balaban J connectivity index is 0.000000172. The van der Waals surface area contributed by atoms with Crippen molar-refractivity contribution in [3.63, 3.8) is 0 Å². The number of nitrogens with one attached hydrogen (secondary N) is 2. The average Bonchev–Trinajstić information content (AvgIpc) is 4.29. The third kappa shape index (κ3) is 11.9. The monoisotopic (exact) mass is 1220 g/mol. The Morgan fingerprint density at radius 2 is 0.890 bits per heavy atom. The van der Waals surface area contributed by atoms with E-state index in [1.54, 1.807) is 30.3 Å². The van der Waals surface area contributed by atoms with Gasteiger partial charge in [-0.1, -0.05) is 36.4 Å². The van der Waals surface area contributed by atoms with Gasteiger partial charge in [0.2, 0.25) is 0 Å². The van der Waals surface area contributed by atoms with Gasteiger partial charge >= 0.3 is 0 Å². The summed E-state index contributed by atoms with van der Waals surface area (Å²) in [5.74, 6) is -2.01. The fourth-order valence-electron chi connectivity index (χ4n) is 11.8. The zero-order valence-corrected chi connectivity index (χ0v) is 48.6. The lowest BCUT2D eigenvalue weighted by Gasteiger charge is -2.41. The lowest BCUT2D eigenvalue weighted by atomic mass is 9.90. The molecule has 0 atom stereocenters. The van der Waals surface area contributed by atoms with E-state index in [0.29, 0.717) is 61.1 Å². The van der Waals surface area contributed by atoms with E-state index in [-0.39, 0.29) is 40.0 Å². The van der Waals surface area contributed by atoms with E-state index in [1.807, 2.05) is 9.36 Å². The first kappa shape index (κ1) is 57.0. The van der Waals surface area contributed by atoms with Gasteiger partial charge in [0.1, 0.15) is 62.9 Å². The van der Waals surface area contributed by atoms with Gasteiger partial charge in [-0.05, 0) is 130 Å². The molecule has 2 aliphatic carbocycles. The summed E-state index contributed by atoms with van der Waals surface area (Å²) in [6, 6.07) is 21.0. The number of fused-ring (bicyclic) bond motifs is 2. The van der Waals surface area contributed by atoms with Crippen molar-refractivity contribution in [2.75, 3.05) is 87.4 Å². The molecule has 20 nitrogen and oxygen atoms in total. The number of aromatic nitrogens is 8. The first-order valence-electron chi connectivity index (χ1n) is 27.4. The normalized spacial score (nSPS) is 20.9. The Morgan fingerprint density at radius 3 is 1.30 bits per heavy atom. The minimum Gasteiger partial charge on any atom is -0.383 e. The first-order valence-corrected chi connectivity index (χ1v) is 31.2. The van der Waals surface area contributed by atoms with Crippen LogP contribution in [0.3, 0.4) is 0 Å². The largest absolute Gasteiger partial charge is 0.383 e. The predicted octanol–water partition coefficient (Wildman–Crippen LogP) is 8.39. The molecule has 4 aromatic carbocycles. The number of likely N-dealkylation sites (N-methyl/N-ethyl adjacent to an activating group) is 2. The molecule has 0 unspecified atom stereocenters. The molecule has 2 aliphatic heterocycles. The molecule has 12 rings (SSSR count). The maximum absolute atomic E-state index is 15.3. The Morgan fingerprint density at radius 1 is 0.500 bits per heavy atom. The van der Waals surface area contributed by atoms with Gasteiger partial charge in [-0.15, -0.1) is 0 Å². The Kier molecular flexibility index (Phi) is 16.6. The Hall–Kier alpha value is -6.81. The number of halogens is 4. The molecule has 0 amide bonds. The SMILES string of the molecule is CN1CCN(C2CCC(n3nc(-c4ccc(NS(=O)(=O)c5ccccc5Br)c(F)c4)c4c(N)ncnc43)CC2)CC1.CN1CCN(C2CCC(n3nc(-c4ccc(NS(=O)(=O)c5ccccc5F)c(F)c4)c4c(N)ncnc43)CC2)CC1. The third-order valence-corrected chi connectivity index (χ3v) is 20.2. The molecule has 6 N–H and O–H groups in total. The molecule has 26 heteroatoms. The van der Waals surface area contributed by atoms with Crippen molar-refractivity contribution < 1.29 is 30.0 Å². The molecule has 0 radical (unpaired) electrons. The van der Waals surface area contributed by atoms with E-state index < -0.39 is 42.4 Å². The zero-order valence-electron chi connectivity index (χ0n) is 45.3. The second-order valence-electron chi connectivity index (χ2n) is 21.6. The number of benzene rings is 4. The summed E-state index contributed by atoms with van der Waals surface area (Å²) in [5.41, 5.74) is 15.0. The number of nitrogen functional groups attached to an aromatic ring is 2. The van der Waals surface area contributed by atoms with E-state index in [0.717, 1.165) is 116 Å². The van der Waals surface area contributed by atoms with Gasteiger partial charge in [-0.2, -0.15) is 10.2 Å². The van der Waals surface area contributed by atoms with Gasteiger partial charge in [-0.25, -0.2) is 59.3 Å². The van der Waals surface area contributed by atoms with Crippen molar-refractivity contribution in [2.24, 2.45) is 0 Å². The van der Waals surface area contributed by atoms with Crippen molar-refractivity contribution in [1.29, 1.82) is 0 Å². The third-order valence-electron chi connectivity index (χ3n) is 16.4. The quantitative estimate of drug-likeness (QED) is 0.0897. The topological polar surface area (TPSA) is 245 Å². The van der Waals surface area contributed by atoms with Crippen molar-refractivity contribution in [3.05, 3.63) is 120 Å². The van der Waals surface area contributed by atoms with Gasteiger partial charge < -0.3 is 21.3 Å². The highest BCUT2D eigenvalue weighted by Gasteiger charge is 2.33. The summed E-state index contributed by atoms with van der Waals surface area (Å²) in [5, 5.41) is 10.8. The smallest absolute Gasteiger partial charge is 0.264 e. The number of piperazine rings is 2. The Bertz CT molecular complexity index is 3610. The van der Waals surface area contributed by atoms with Crippen LogP contribution in [0.2, 0.25) is 0 Å². The number of sulfonamides is 2. The molecule has 2 saturated carbocycles. The van der Waals surface area contributed by atoms with E-state index in [1.165, 1.54) is 55.1 Å². The lowest BCUT2D eigenvalue weighted by Crippen LogP contribution is -2.49. The van der Waals surface area contributed by atoms with Crippen LogP contribution in [0.15, 0.2) is 112 Å². The van der Waals surface area contributed by atoms with Crippen LogP contribution in [-0.2, 0) is 20.0 Å². The molecule has 4 fully saturated rings. The van der Waals surface area contributed by atoms with Crippen molar-refractivity contribution in [3.8, 4) is 22.5 Å². The summed E-state index contributed by atoms with van der Waals surface area (Å²) in [6.07, 6.45) is 10.9. The molecular formula is C56H64BrF3N16O4S2. The van der Waals surface area contributed by atoms with Crippen LogP contribution in [0.5, 0.6) is 0 Å². The van der Waals surface area contributed by atoms with E-state index >= 15 is 8.78 Å². The fraction of sp³-hybridized carbons (Fsp3) is 0.393. The molecule has 82 heavy (non-hydrogen) atoms. The minimum absolute atomic E-state index is 0.0143. The molecule has 4 aliphatic rings. The van der Waals surface area contributed by atoms with Crippen LogP contribution >= 0.6 is 15.9 Å². The van der Waals surface area contributed by atoms with Crippen molar-refractivity contribution in [2.45, 2.75) is 85.3 Å². The van der Waals surface area contributed by atoms with E-state index in [2.05, 4.69) is 79.0 Å². The first-order chi connectivity index (χ1) is 39.4. The van der Waals surface area contributed by atoms with E-state index in [4.69, 9.17) is 21.7 Å². The number of hydrogen-bond acceptors (Lipinski definition) is 16. The van der Waals surface area contributed by atoms with Crippen LogP contribution < -0.4 is 20.9 Å². The maximum Gasteiger partial charge on any atom is 0.264 e. The standard InChI is InChI=1S/C28H32BrFN8O2S.C28H32F2N8O2S/c2*1-36-12-14-37(15-13-36)19-7-9-20(10-8-19)38-28-25(27(31)32-17-33-28)26(34-38)18-6-11-23(22(30)16-18)35-41(39,40)24-5-3-2-4-21(24)29/h2*2-6,11,16-17,19-20,35H,7-10,12-15H2,1H3,(H2,31,32,33). The summed E-state index contributed by atoms with van der Waals surface area (Å²) in [6.45, 7) is 8.75. The summed E-state index contributed by atoms with van der Waals surface area (Å²) in [7, 11) is -4.03. The molecular weight excluding hydrogens is 1160 g/mol. The van der Waals surface area contributed by atoms with Crippen LogP contribution in [0.4, 0.5) is 36.2 Å². The molecule has 432 valence electrons. The minimum atomic E-state index is -4.34. The molecule has 6 heterocycles. The summed E-state index contributed by atoms with van der Waals surface area (Å²) in [4.78, 5) is 26.7. The number of nitrogens with zero attached hydrogens (tertiary/aromatic N) is 12. The fourth-order valence-corrected chi connectivity index (χ4v) is 15.0. The predicted molar refractivity (Wildman–Crippen MR) is 313 cm³/mol. The highest BCUT2D eigenvalue weighted by atomic mass is 79.9. The second-order valence-corrected chi connectivity index (χ2v) is 25.7. The molecule has 2 saturated heterocycles. The van der Waals surface area contributed by atoms with Gasteiger partial charge in [-0.3, -0.25) is 19.2 Å². The highest BCUT2D eigenvalue weighted by molar-refractivity contribution is 9.10. The zero-order chi connectivity index (χ0) is 57.5. The lowest BCUT2D eigenvalue weighted by molar-refractivity contribution is 0.0815. The summed E-state index contributed by atoms with van der Waals surface area (Å²) >= 11 is 3.25. The van der Waals surface area contributed by atoms with Gasteiger partial charge in [0.25, 0.3) is 20.0 Å². The van der Waals surface area contributed by atoms with Gasteiger partial charge in [0.05, 0.1) is 34.2 Å². The van der Waals surface area contributed by atoms with Crippen molar-refractivity contribution >= 4 is 81.1 Å².